The fourth-order valence-electron chi connectivity index (χ4n) is 0.621. The molecule has 60 valence electrons. The van der Waals surface area contributed by atoms with Gasteiger partial charge in [0.25, 0.3) is 0 Å². The lowest BCUT2D eigenvalue weighted by Crippen LogP contribution is -2.35. The Morgan fingerprint density at radius 2 is 2.30 bits per heavy atom. The van der Waals surface area contributed by atoms with Crippen LogP contribution in [0.25, 0.3) is 0 Å². The summed E-state index contributed by atoms with van der Waals surface area (Å²) in [6, 6.07) is -0.176. The van der Waals surface area contributed by atoms with Gasteiger partial charge in [-0.25, -0.2) is 0 Å². The van der Waals surface area contributed by atoms with Crippen LogP contribution in [-0.2, 0) is 9.53 Å². The molecule has 0 aromatic rings. The monoisotopic (exact) mass is 145 g/mol. The second kappa shape index (κ2) is 5.23. The lowest BCUT2D eigenvalue weighted by molar-refractivity contribution is -0.142. The molecule has 0 saturated carbocycles. The van der Waals surface area contributed by atoms with Crippen molar-refractivity contribution in [3.05, 3.63) is 0 Å². The number of carbonyl (C=O) groups excluding carboxylic acids is 1. The van der Waals surface area contributed by atoms with Gasteiger partial charge >= 0.3 is 5.97 Å². The first-order valence-corrected chi connectivity index (χ1v) is 3.53. The summed E-state index contributed by atoms with van der Waals surface area (Å²) in [6.07, 6.45) is 1.03. The molecule has 3 heteroatoms. The Kier molecular flexibility index (Phi) is 4.94. The Bertz CT molecular complexity index is 104. The van der Waals surface area contributed by atoms with E-state index in [1.807, 2.05) is 0 Å². The predicted octanol–water partition coefficient (Wildman–Crippen LogP) is 0.547. The van der Waals surface area contributed by atoms with E-state index in [1.165, 1.54) is 7.11 Å². The van der Waals surface area contributed by atoms with Gasteiger partial charge in [-0.15, -0.1) is 0 Å². The summed E-state index contributed by atoms with van der Waals surface area (Å²) < 4.78 is 4.51. The van der Waals surface area contributed by atoms with E-state index in [4.69, 9.17) is 0 Å². The number of hydrogen-bond acceptors (Lipinski definition) is 3. The molecule has 0 rings (SSSR count). The fourth-order valence-corrected chi connectivity index (χ4v) is 0.621. The van der Waals surface area contributed by atoms with Crippen LogP contribution in [0.2, 0.25) is 0 Å². The Balaban J connectivity index is 3.41. The third-order valence-electron chi connectivity index (χ3n) is 1.26. The van der Waals surface area contributed by atoms with Gasteiger partial charge in [0.05, 0.1) is 7.11 Å². The Morgan fingerprint density at radius 1 is 1.70 bits per heavy atom. The summed E-state index contributed by atoms with van der Waals surface area (Å²) >= 11 is 0. The summed E-state index contributed by atoms with van der Waals surface area (Å²) in [6.45, 7) is 4.70. The zero-order valence-electron chi connectivity index (χ0n) is 6.81. The summed E-state index contributed by atoms with van der Waals surface area (Å²) in [7, 11) is 1.40. The molecule has 0 aliphatic heterocycles. The van der Waals surface area contributed by atoms with Gasteiger partial charge in [0, 0.05) is 0 Å². The van der Waals surface area contributed by atoms with Crippen molar-refractivity contribution in [2.75, 3.05) is 13.7 Å². The highest BCUT2D eigenvalue weighted by molar-refractivity contribution is 5.74. The van der Waals surface area contributed by atoms with Gasteiger partial charge in [-0.1, -0.05) is 6.92 Å². The fraction of sp³-hybridized carbons (Fsp3) is 0.857. The topological polar surface area (TPSA) is 38.3 Å². The minimum Gasteiger partial charge on any atom is -0.468 e. The molecule has 0 aromatic heterocycles. The van der Waals surface area contributed by atoms with E-state index in [2.05, 4.69) is 17.0 Å². The van der Waals surface area contributed by atoms with Gasteiger partial charge < -0.3 is 10.1 Å². The van der Waals surface area contributed by atoms with Crippen LogP contribution in [-0.4, -0.2) is 25.7 Å². The molecule has 0 heterocycles. The minimum atomic E-state index is -0.201. The van der Waals surface area contributed by atoms with Crippen LogP contribution < -0.4 is 5.32 Å². The largest absolute Gasteiger partial charge is 0.468 e. The smallest absolute Gasteiger partial charge is 0.322 e. The number of nitrogens with one attached hydrogen (secondary N) is 1. The van der Waals surface area contributed by atoms with E-state index in [1.54, 1.807) is 6.92 Å². The van der Waals surface area contributed by atoms with E-state index < -0.39 is 0 Å². The zero-order valence-corrected chi connectivity index (χ0v) is 6.81. The highest BCUT2D eigenvalue weighted by Gasteiger charge is 2.09. The maximum atomic E-state index is 10.7. The first-order chi connectivity index (χ1) is 4.72. The molecule has 0 amide bonds. The van der Waals surface area contributed by atoms with E-state index in [-0.39, 0.29) is 12.0 Å². The van der Waals surface area contributed by atoms with Gasteiger partial charge in [-0.05, 0) is 19.9 Å². The molecular weight excluding hydrogens is 130 g/mol. The van der Waals surface area contributed by atoms with Crippen LogP contribution in [0.4, 0.5) is 0 Å². The number of esters is 1. The molecule has 0 aliphatic carbocycles. The number of methoxy groups -OCH3 is 1. The van der Waals surface area contributed by atoms with Crippen molar-refractivity contribution in [1.29, 1.82) is 0 Å². The quantitative estimate of drug-likeness (QED) is 0.587. The van der Waals surface area contributed by atoms with E-state index >= 15 is 0 Å². The molecule has 0 saturated heterocycles. The molecule has 10 heavy (non-hydrogen) atoms. The number of hydrogen-bond donors (Lipinski definition) is 1. The van der Waals surface area contributed by atoms with E-state index in [9.17, 15) is 4.79 Å². The molecule has 0 spiro atoms. The summed E-state index contributed by atoms with van der Waals surface area (Å²) in [5, 5.41) is 3.01. The zero-order chi connectivity index (χ0) is 7.98. The number of rotatable bonds is 4. The summed E-state index contributed by atoms with van der Waals surface area (Å²) in [4.78, 5) is 10.7. The standard InChI is InChI=1S/C7H15NO2/c1-4-5-8-6(2)7(9)10-3/h6,8H,4-5H2,1-3H3. The van der Waals surface area contributed by atoms with E-state index in [0.29, 0.717) is 0 Å². The molecule has 1 unspecified atom stereocenters. The highest BCUT2D eigenvalue weighted by atomic mass is 16.5. The third-order valence-corrected chi connectivity index (χ3v) is 1.26. The Hall–Kier alpha value is -0.570. The van der Waals surface area contributed by atoms with Crippen molar-refractivity contribution in [2.45, 2.75) is 26.3 Å². The first-order valence-electron chi connectivity index (χ1n) is 3.53. The Labute approximate surface area is 61.8 Å². The summed E-state index contributed by atoms with van der Waals surface area (Å²) in [5.41, 5.74) is 0. The molecule has 0 radical (unpaired) electrons. The Morgan fingerprint density at radius 3 is 2.70 bits per heavy atom. The van der Waals surface area contributed by atoms with Crippen LogP contribution in [0.15, 0.2) is 0 Å². The maximum Gasteiger partial charge on any atom is 0.322 e. The van der Waals surface area contributed by atoms with Gasteiger partial charge in [-0.2, -0.15) is 0 Å². The molecule has 3 nitrogen and oxygen atoms in total. The molecule has 0 fully saturated rings. The number of carbonyl (C=O) groups is 1. The maximum absolute atomic E-state index is 10.7. The van der Waals surface area contributed by atoms with Crippen molar-refractivity contribution in [2.24, 2.45) is 0 Å². The minimum absolute atomic E-state index is 0.176. The van der Waals surface area contributed by atoms with Crippen molar-refractivity contribution in [3.63, 3.8) is 0 Å². The first kappa shape index (κ1) is 9.43. The van der Waals surface area contributed by atoms with E-state index in [0.717, 1.165) is 13.0 Å². The molecule has 0 aliphatic rings. The van der Waals surface area contributed by atoms with Crippen molar-refractivity contribution < 1.29 is 9.53 Å². The normalized spacial score (nSPS) is 12.7. The second-order valence-corrected chi connectivity index (χ2v) is 2.20. The molecule has 0 aromatic carbocycles. The lowest BCUT2D eigenvalue weighted by atomic mass is 10.3. The second-order valence-electron chi connectivity index (χ2n) is 2.20. The highest BCUT2D eigenvalue weighted by Crippen LogP contribution is 1.85. The molecule has 1 atom stereocenters. The molecule has 1 N–H and O–H groups in total. The van der Waals surface area contributed by atoms with Crippen LogP contribution in [0.1, 0.15) is 20.3 Å². The van der Waals surface area contributed by atoms with Crippen LogP contribution in [0, 0.1) is 0 Å². The van der Waals surface area contributed by atoms with Crippen molar-refractivity contribution in [1.82, 2.24) is 5.32 Å². The summed E-state index contributed by atoms with van der Waals surface area (Å²) in [5.74, 6) is -0.201. The van der Waals surface area contributed by atoms with Crippen molar-refractivity contribution in [3.8, 4) is 0 Å². The van der Waals surface area contributed by atoms with Crippen LogP contribution in [0.5, 0.6) is 0 Å². The average molecular weight is 145 g/mol. The molecule has 0 bridgehead atoms. The SMILES string of the molecule is CCCNC(C)C(=O)OC. The van der Waals surface area contributed by atoms with Crippen LogP contribution in [0.3, 0.4) is 0 Å². The third kappa shape index (κ3) is 3.45. The molecular formula is C7H15NO2. The average Bonchev–Trinajstić information content (AvgIpc) is 1.98. The van der Waals surface area contributed by atoms with Gasteiger partial charge in [0.1, 0.15) is 6.04 Å². The predicted molar refractivity (Wildman–Crippen MR) is 39.8 cm³/mol. The van der Waals surface area contributed by atoms with Gasteiger partial charge in [0.2, 0.25) is 0 Å². The van der Waals surface area contributed by atoms with Gasteiger partial charge in [-0.3, -0.25) is 4.79 Å². The van der Waals surface area contributed by atoms with Crippen molar-refractivity contribution >= 4 is 5.97 Å². The lowest BCUT2D eigenvalue weighted by Gasteiger charge is -2.09. The van der Waals surface area contributed by atoms with Crippen LogP contribution >= 0.6 is 0 Å². The number of ether oxygens (including phenoxy) is 1. The van der Waals surface area contributed by atoms with Gasteiger partial charge in [0.15, 0.2) is 0 Å².